The predicted octanol–water partition coefficient (Wildman–Crippen LogP) is 2.17. The normalized spacial score (nSPS) is 15.0. The second-order valence-corrected chi connectivity index (χ2v) is 7.20. The Bertz CT molecular complexity index is 733. The van der Waals surface area contributed by atoms with Crippen molar-refractivity contribution in [3.8, 4) is 11.3 Å². The largest absolute Gasteiger partial charge is 0.379 e. The number of nitrogens with one attached hydrogen (secondary N) is 1. The summed E-state index contributed by atoms with van der Waals surface area (Å²) in [6.07, 6.45) is 4.18. The molecule has 1 aliphatic rings. The predicted molar refractivity (Wildman–Crippen MR) is 107 cm³/mol. The van der Waals surface area contributed by atoms with E-state index in [2.05, 4.69) is 46.5 Å². The highest BCUT2D eigenvalue weighted by Crippen LogP contribution is 2.23. The zero-order valence-electron chi connectivity index (χ0n) is 16.4. The van der Waals surface area contributed by atoms with Gasteiger partial charge in [-0.3, -0.25) is 14.4 Å². The monoisotopic (exact) mass is 370 g/mol. The number of aromatic nitrogens is 2. The van der Waals surface area contributed by atoms with Crippen LogP contribution in [0.25, 0.3) is 11.3 Å². The van der Waals surface area contributed by atoms with E-state index in [1.165, 1.54) is 5.56 Å². The molecule has 146 valence electrons. The molecule has 2 aromatic rings. The quantitative estimate of drug-likeness (QED) is 0.724. The first-order valence-corrected chi connectivity index (χ1v) is 9.78. The fourth-order valence-electron chi connectivity index (χ4n) is 3.37. The number of carbonyl (C=O) groups excluding carboxylic acids is 1. The molecule has 1 aromatic carbocycles. The van der Waals surface area contributed by atoms with Crippen LogP contribution in [0.5, 0.6) is 0 Å². The van der Waals surface area contributed by atoms with Gasteiger partial charge in [0.1, 0.15) is 0 Å². The van der Waals surface area contributed by atoms with E-state index in [0.29, 0.717) is 12.8 Å². The minimum absolute atomic E-state index is 0.107. The second-order valence-electron chi connectivity index (χ2n) is 7.20. The highest BCUT2D eigenvalue weighted by Gasteiger charge is 2.13. The number of rotatable bonds is 8. The maximum absolute atomic E-state index is 12.2. The number of nitrogens with zero attached hydrogens (tertiary/aromatic N) is 3. The first-order chi connectivity index (χ1) is 13.1. The minimum atomic E-state index is 0.107. The summed E-state index contributed by atoms with van der Waals surface area (Å²) in [6.45, 7) is 7.46. The summed E-state index contributed by atoms with van der Waals surface area (Å²) in [4.78, 5) is 14.6. The third-order valence-electron chi connectivity index (χ3n) is 4.93. The SMILES string of the molecule is Cc1ccc(-c2nn(C)cc2CCC(=O)NCCCN2CCOCC2)cc1. The van der Waals surface area contributed by atoms with E-state index in [9.17, 15) is 4.79 Å². The number of carbonyl (C=O) groups is 1. The molecule has 0 saturated carbocycles. The zero-order valence-corrected chi connectivity index (χ0v) is 16.4. The van der Waals surface area contributed by atoms with Gasteiger partial charge in [-0.2, -0.15) is 5.10 Å². The van der Waals surface area contributed by atoms with E-state index < -0.39 is 0 Å². The molecule has 0 bridgehead atoms. The molecule has 2 heterocycles. The molecule has 0 atom stereocenters. The van der Waals surface area contributed by atoms with E-state index in [1.54, 1.807) is 0 Å². The van der Waals surface area contributed by atoms with E-state index in [0.717, 1.165) is 62.6 Å². The van der Waals surface area contributed by atoms with Gasteiger partial charge in [0.15, 0.2) is 0 Å². The third-order valence-corrected chi connectivity index (χ3v) is 4.93. The summed E-state index contributed by atoms with van der Waals surface area (Å²) >= 11 is 0. The Morgan fingerprint density at radius 1 is 1.22 bits per heavy atom. The van der Waals surface area contributed by atoms with Crippen molar-refractivity contribution in [3.63, 3.8) is 0 Å². The second kappa shape index (κ2) is 9.67. The first-order valence-electron chi connectivity index (χ1n) is 9.78. The number of hydrogen-bond acceptors (Lipinski definition) is 4. The Balaban J connectivity index is 1.44. The van der Waals surface area contributed by atoms with Gasteiger partial charge in [-0.1, -0.05) is 29.8 Å². The van der Waals surface area contributed by atoms with Gasteiger partial charge in [0.25, 0.3) is 0 Å². The van der Waals surface area contributed by atoms with Crippen molar-refractivity contribution in [1.29, 1.82) is 0 Å². The van der Waals surface area contributed by atoms with Crippen LogP contribution in [0.3, 0.4) is 0 Å². The van der Waals surface area contributed by atoms with Crippen molar-refractivity contribution < 1.29 is 9.53 Å². The molecule has 0 aliphatic carbocycles. The Morgan fingerprint density at radius 2 is 1.96 bits per heavy atom. The molecule has 1 saturated heterocycles. The summed E-state index contributed by atoms with van der Waals surface area (Å²) in [5.41, 5.74) is 4.41. The number of amides is 1. The topological polar surface area (TPSA) is 59.4 Å². The summed E-state index contributed by atoms with van der Waals surface area (Å²) < 4.78 is 7.17. The van der Waals surface area contributed by atoms with E-state index in [4.69, 9.17) is 4.74 Å². The average Bonchev–Trinajstić information content (AvgIpc) is 3.05. The summed E-state index contributed by atoms with van der Waals surface area (Å²) in [5, 5.41) is 7.63. The van der Waals surface area contributed by atoms with Crippen LogP contribution >= 0.6 is 0 Å². The Morgan fingerprint density at radius 3 is 2.70 bits per heavy atom. The number of hydrogen-bond donors (Lipinski definition) is 1. The molecule has 1 aliphatic heterocycles. The smallest absolute Gasteiger partial charge is 0.220 e. The molecular weight excluding hydrogens is 340 g/mol. The van der Waals surface area contributed by atoms with Crippen LogP contribution < -0.4 is 5.32 Å². The molecule has 27 heavy (non-hydrogen) atoms. The number of aryl methyl sites for hydroxylation is 3. The van der Waals surface area contributed by atoms with Crippen molar-refractivity contribution in [1.82, 2.24) is 20.0 Å². The lowest BCUT2D eigenvalue weighted by Crippen LogP contribution is -2.38. The molecule has 0 spiro atoms. The lowest BCUT2D eigenvalue weighted by Gasteiger charge is -2.26. The van der Waals surface area contributed by atoms with Gasteiger partial charge >= 0.3 is 0 Å². The Hall–Kier alpha value is -2.18. The third kappa shape index (κ3) is 5.91. The van der Waals surface area contributed by atoms with Crippen molar-refractivity contribution in [2.75, 3.05) is 39.4 Å². The van der Waals surface area contributed by atoms with Gasteiger partial charge in [-0.25, -0.2) is 0 Å². The van der Waals surface area contributed by atoms with Gasteiger partial charge in [0.05, 0.1) is 18.9 Å². The van der Waals surface area contributed by atoms with Crippen molar-refractivity contribution in [2.45, 2.75) is 26.2 Å². The van der Waals surface area contributed by atoms with Crippen molar-refractivity contribution >= 4 is 5.91 Å². The van der Waals surface area contributed by atoms with Crippen LogP contribution in [-0.2, 0) is 23.0 Å². The molecule has 6 heteroatoms. The Labute approximate surface area is 161 Å². The number of morpholine rings is 1. The molecule has 1 N–H and O–H groups in total. The molecule has 0 unspecified atom stereocenters. The van der Waals surface area contributed by atoms with E-state index >= 15 is 0 Å². The van der Waals surface area contributed by atoms with E-state index in [1.807, 2.05) is 17.9 Å². The Kier molecular flexibility index (Phi) is 7.01. The van der Waals surface area contributed by atoms with Crippen molar-refractivity contribution in [3.05, 3.63) is 41.6 Å². The molecule has 1 amide bonds. The van der Waals surface area contributed by atoms with Crippen LogP contribution in [-0.4, -0.2) is 60.0 Å². The standard InChI is InChI=1S/C21H30N4O2/c1-17-4-6-18(7-5-17)21-19(16-24(2)23-21)8-9-20(26)22-10-3-11-25-12-14-27-15-13-25/h4-7,16H,3,8-15H2,1-2H3,(H,22,26). The summed E-state index contributed by atoms with van der Waals surface area (Å²) in [7, 11) is 1.92. The van der Waals surface area contributed by atoms with Crippen LogP contribution in [0, 0.1) is 6.92 Å². The maximum atomic E-state index is 12.2. The average molecular weight is 370 g/mol. The van der Waals surface area contributed by atoms with Crippen LogP contribution in [0.15, 0.2) is 30.5 Å². The van der Waals surface area contributed by atoms with Crippen LogP contribution in [0.4, 0.5) is 0 Å². The van der Waals surface area contributed by atoms with Gasteiger partial charge in [-0.05, 0) is 31.9 Å². The van der Waals surface area contributed by atoms with Gasteiger partial charge in [0, 0.05) is 44.9 Å². The summed E-state index contributed by atoms with van der Waals surface area (Å²) in [6, 6.07) is 8.36. The lowest BCUT2D eigenvalue weighted by molar-refractivity contribution is -0.121. The fraction of sp³-hybridized carbons (Fsp3) is 0.524. The van der Waals surface area contributed by atoms with Crippen LogP contribution in [0.1, 0.15) is 24.0 Å². The van der Waals surface area contributed by atoms with Gasteiger partial charge in [-0.15, -0.1) is 0 Å². The highest BCUT2D eigenvalue weighted by molar-refractivity contribution is 5.76. The first kappa shape index (κ1) is 19.6. The molecule has 1 fully saturated rings. The zero-order chi connectivity index (χ0) is 19.1. The van der Waals surface area contributed by atoms with Gasteiger partial charge in [0.2, 0.25) is 5.91 Å². The van der Waals surface area contributed by atoms with Crippen LogP contribution in [0.2, 0.25) is 0 Å². The fourth-order valence-corrected chi connectivity index (χ4v) is 3.37. The number of benzene rings is 1. The highest BCUT2D eigenvalue weighted by atomic mass is 16.5. The number of ether oxygens (including phenoxy) is 1. The molecule has 3 rings (SSSR count). The minimum Gasteiger partial charge on any atom is -0.379 e. The molecular formula is C21H30N4O2. The maximum Gasteiger partial charge on any atom is 0.220 e. The molecule has 6 nitrogen and oxygen atoms in total. The summed E-state index contributed by atoms with van der Waals surface area (Å²) in [5.74, 6) is 0.107. The lowest BCUT2D eigenvalue weighted by atomic mass is 10.0. The van der Waals surface area contributed by atoms with Gasteiger partial charge < -0.3 is 10.1 Å². The molecule has 1 aromatic heterocycles. The van der Waals surface area contributed by atoms with E-state index in [-0.39, 0.29) is 5.91 Å². The van der Waals surface area contributed by atoms with Crippen molar-refractivity contribution in [2.24, 2.45) is 7.05 Å². The molecule has 0 radical (unpaired) electrons.